The van der Waals surface area contributed by atoms with Crippen molar-refractivity contribution in [3.8, 4) is 22.8 Å². The molecule has 0 atom stereocenters. The van der Waals surface area contributed by atoms with Gasteiger partial charge in [-0.3, -0.25) is 4.72 Å². The van der Waals surface area contributed by atoms with Crippen LogP contribution in [0.15, 0.2) is 42.6 Å². The van der Waals surface area contributed by atoms with Crippen LogP contribution in [0.4, 0.5) is 5.69 Å². The standard InChI is InChI=1S/C16H15ClN4O3S/c1-10-15(11-3-5-12(17)6-4-11)16(22)21(19-10)14-8-7-13(9-18-14)20-25(2,23)24/h3-9,20,22H,1-2H3. The van der Waals surface area contributed by atoms with E-state index in [1.165, 1.54) is 10.9 Å². The van der Waals surface area contributed by atoms with Crippen LogP contribution in [0, 0.1) is 6.92 Å². The number of nitrogens with one attached hydrogen (secondary N) is 1. The lowest BCUT2D eigenvalue weighted by atomic mass is 10.1. The SMILES string of the molecule is Cc1nn(-c2ccc(NS(C)(=O)=O)cn2)c(O)c1-c1ccc(Cl)cc1. The first-order chi connectivity index (χ1) is 11.7. The first kappa shape index (κ1) is 17.2. The molecule has 25 heavy (non-hydrogen) atoms. The Morgan fingerprint density at radius 2 is 1.84 bits per heavy atom. The first-order valence-electron chi connectivity index (χ1n) is 7.23. The van der Waals surface area contributed by atoms with Crippen molar-refractivity contribution >= 4 is 27.3 Å². The highest BCUT2D eigenvalue weighted by molar-refractivity contribution is 7.92. The predicted octanol–water partition coefficient (Wildman–Crippen LogP) is 2.97. The maximum atomic E-state index is 11.2. The van der Waals surface area contributed by atoms with E-state index in [9.17, 15) is 13.5 Å². The van der Waals surface area contributed by atoms with E-state index in [-0.39, 0.29) is 5.88 Å². The van der Waals surface area contributed by atoms with Gasteiger partial charge in [-0.1, -0.05) is 23.7 Å². The summed E-state index contributed by atoms with van der Waals surface area (Å²) in [4.78, 5) is 4.15. The van der Waals surface area contributed by atoms with Crippen LogP contribution in [0.25, 0.3) is 16.9 Å². The van der Waals surface area contributed by atoms with Crippen molar-refractivity contribution in [3.63, 3.8) is 0 Å². The maximum absolute atomic E-state index is 11.2. The summed E-state index contributed by atoms with van der Waals surface area (Å²) in [7, 11) is -3.38. The van der Waals surface area contributed by atoms with Crippen LogP contribution in [-0.4, -0.2) is 34.5 Å². The number of halogens is 1. The summed E-state index contributed by atoms with van der Waals surface area (Å²) < 4.78 is 26.1. The summed E-state index contributed by atoms with van der Waals surface area (Å²) in [5, 5.41) is 15.5. The molecule has 0 saturated carbocycles. The normalized spacial score (nSPS) is 11.5. The lowest BCUT2D eigenvalue weighted by Crippen LogP contribution is -2.10. The summed E-state index contributed by atoms with van der Waals surface area (Å²) in [6, 6.07) is 10.2. The Hall–Kier alpha value is -2.58. The molecule has 0 saturated heterocycles. The van der Waals surface area contributed by atoms with Crippen molar-refractivity contribution in [2.24, 2.45) is 0 Å². The fourth-order valence-electron chi connectivity index (χ4n) is 2.42. The van der Waals surface area contributed by atoms with Crippen LogP contribution < -0.4 is 4.72 Å². The van der Waals surface area contributed by atoms with E-state index < -0.39 is 10.0 Å². The Balaban J connectivity index is 1.99. The van der Waals surface area contributed by atoms with Gasteiger partial charge in [-0.25, -0.2) is 13.4 Å². The average Bonchev–Trinajstić information content (AvgIpc) is 2.83. The van der Waals surface area contributed by atoms with Crippen LogP contribution in [-0.2, 0) is 10.0 Å². The molecule has 0 spiro atoms. The van der Waals surface area contributed by atoms with E-state index in [4.69, 9.17) is 11.6 Å². The van der Waals surface area contributed by atoms with Gasteiger partial charge in [0, 0.05) is 5.02 Å². The van der Waals surface area contributed by atoms with E-state index in [1.807, 2.05) is 0 Å². The third kappa shape index (κ3) is 3.75. The molecular formula is C16H15ClN4O3S. The van der Waals surface area contributed by atoms with Crippen LogP contribution in [0.1, 0.15) is 5.69 Å². The van der Waals surface area contributed by atoms with Gasteiger partial charge in [-0.2, -0.15) is 9.78 Å². The predicted molar refractivity (Wildman–Crippen MR) is 96.7 cm³/mol. The molecule has 2 heterocycles. The van der Waals surface area contributed by atoms with Gasteiger partial charge in [0.25, 0.3) is 0 Å². The summed E-state index contributed by atoms with van der Waals surface area (Å²) in [5.74, 6) is 0.302. The molecule has 9 heteroatoms. The lowest BCUT2D eigenvalue weighted by Gasteiger charge is -2.06. The quantitative estimate of drug-likeness (QED) is 0.727. The van der Waals surface area contributed by atoms with Crippen molar-refractivity contribution in [3.05, 3.63) is 53.3 Å². The minimum Gasteiger partial charge on any atom is -0.493 e. The van der Waals surface area contributed by atoms with Crippen LogP contribution in [0.2, 0.25) is 5.02 Å². The van der Waals surface area contributed by atoms with E-state index in [0.29, 0.717) is 27.8 Å². The van der Waals surface area contributed by atoms with Crippen molar-refractivity contribution in [1.82, 2.24) is 14.8 Å². The lowest BCUT2D eigenvalue weighted by molar-refractivity contribution is 0.433. The summed E-state index contributed by atoms with van der Waals surface area (Å²) in [6.07, 6.45) is 2.41. The first-order valence-corrected chi connectivity index (χ1v) is 9.50. The Morgan fingerprint density at radius 3 is 2.40 bits per heavy atom. The van der Waals surface area contributed by atoms with Crippen molar-refractivity contribution in [2.75, 3.05) is 11.0 Å². The van der Waals surface area contributed by atoms with Gasteiger partial charge in [-0.15, -0.1) is 0 Å². The zero-order chi connectivity index (χ0) is 18.2. The fraction of sp³-hybridized carbons (Fsp3) is 0.125. The Labute approximate surface area is 150 Å². The number of hydrogen-bond donors (Lipinski definition) is 2. The molecule has 0 bridgehead atoms. The highest BCUT2D eigenvalue weighted by Gasteiger charge is 2.18. The van der Waals surface area contributed by atoms with E-state index in [0.717, 1.165) is 11.8 Å². The number of hydrogen-bond acceptors (Lipinski definition) is 5. The number of anilines is 1. The van der Waals surface area contributed by atoms with E-state index in [1.54, 1.807) is 43.3 Å². The smallest absolute Gasteiger partial charge is 0.229 e. The number of nitrogens with zero attached hydrogens (tertiary/aromatic N) is 3. The molecule has 1 aromatic carbocycles. The second-order valence-electron chi connectivity index (χ2n) is 5.48. The van der Waals surface area contributed by atoms with Gasteiger partial charge in [0.1, 0.15) is 0 Å². The molecule has 0 aliphatic heterocycles. The van der Waals surface area contributed by atoms with Gasteiger partial charge >= 0.3 is 0 Å². The number of benzene rings is 1. The Bertz CT molecular complexity index is 1010. The number of rotatable bonds is 4. The summed E-state index contributed by atoms with van der Waals surface area (Å²) in [5.41, 5.74) is 2.31. The molecule has 0 radical (unpaired) electrons. The minimum absolute atomic E-state index is 0.0591. The topological polar surface area (TPSA) is 97.1 Å². The third-order valence-electron chi connectivity index (χ3n) is 3.44. The Morgan fingerprint density at radius 1 is 1.16 bits per heavy atom. The molecule has 2 aromatic heterocycles. The molecule has 0 unspecified atom stereocenters. The summed E-state index contributed by atoms with van der Waals surface area (Å²) >= 11 is 5.90. The van der Waals surface area contributed by atoms with Gasteiger partial charge in [0.05, 0.1) is 29.4 Å². The molecular weight excluding hydrogens is 364 g/mol. The number of sulfonamides is 1. The number of aromatic hydroxyl groups is 1. The zero-order valence-electron chi connectivity index (χ0n) is 13.4. The fourth-order valence-corrected chi connectivity index (χ4v) is 3.09. The monoisotopic (exact) mass is 378 g/mol. The van der Waals surface area contributed by atoms with Crippen LogP contribution in [0.3, 0.4) is 0 Å². The van der Waals surface area contributed by atoms with E-state index in [2.05, 4.69) is 14.8 Å². The Kier molecular flexibility index (Phi) is 4.40. The second-order valence-corrected chi connectivity index (χ2v) is 7.67. The molecule has 0 fully saturated rings. The van der Waals surface area contributed by atoms with Gasteiger partial charge in [0.2, 0.25) is 15.9 Å². The molecule has 7 nitrogen and oxygen atoms in total. The molecule has 3 aromatic rings. The van der Waals surface area contributed by atoms with E-state index >= 15 is 0 Å². The second kappa shape index (κ2) is 6.38. The molecule has 0 aliphatic carbocycles. The van der Waals surface area contributed by atoms with Crippen molar-refractivity contribution < 1.29 is 13.5 Å². The van der Waals surface area contributed by atoms with Crippen molar-refractivity contribution in [1.29, 1.82) is 0 Å². The van der Waals surface area contributed by atoms with Crippen molar-refractivity contribution in [2.45, 2.75) is 6.92 Å². The number of aryl methyl sites for hydroxylation is 1. The van der Waals surface area contributed by atoms with Crippen LogP contribution >= 0.6 is 11.6 Å². The average molecular weight is 379 g/mol. The maximum Gasteiger partial charge on any atom is 0.229 e. The largest absolute Gasteiger partial charge is 0.493 e. The number of aromatic nitrogens is 3. The zero-order valence-corrected chi connectivity index (χ0v) is 15.0. The molecule has 0 amide bonds. The highest BCUT2D eigenvalue weighted by Crippen LogP contribution is 2.34. The number of pyridine rings is 1. The van der Waals surface area contributed by atoms with Gasteiger partial charge < -0.3 is 5.11 Å². The van der Waals surface area contributed by atoms with Gasteiger partial charge in [-0.05, 0) is 36.8 Å². The molecule has 2 N–H and O–H groups in total. The highest BCUT2D eigenvalue weighted by atomic mass is 35.5. The minimum atomic E-state index is -3.38. The summed E-state index contributed by atoms with van der Waals surface area (Å²) in [6.45, 7) is 1.78. The van der Waals surface area contributed by atoms with Gasteiger partial charge in [0.15, 0.2) is 5.82 Å². The van der Waals surface area contributed by atoms with Crippen LogP contribution in [0.5, 0.6) is 5.88 Å². The molecule has 0 aliphatic rings. The molecule has 3 rings (SSSR count). The molecule has 130 valence electrons. The third-order valence-corrected chi connectivity index (χ3v) is 4.30.